The molecular formula is C21H21BrClN5O2. The normalized spacial score (nSPS) is 15.3. The van der Waals surface area contributed by atoms with Gasteiger partial charge in [0.2, 0.25) is 17.7 Å². The lowest BCUT2D eigenvalue weighted by Gasteiger charge is -2.33. The molecule has 9 heteroatoms. The van der Waals surface area contributed by atoms with Gasteiger partial charge in [0.05, 0.1) is 23.8 Å². The van der Waals surface area contributed by atoms with Crippen LogP contribution in [0.3, 0.4) is 0 Å². The van der Waals surface area contributed by atoms with Crippen molar-refractivity contribution in [3.63, 3.8) is 0 Å². The Kier molecular flexibility index (Phi) is 6.79. The number of benzene rings is 2. The van der Waals surface area contributed by atoms with Crippen molar-refractivity contribution in [3.05, 3.63) is 63.9 Å². The number of nitrogens with zero attached hydrogens (tertiary/aromatic N) is 4. The Hall–Kier alpha value is -2.26. The molecule has 1 amide bonds. The monoisotopic (exact) mass is 489 g/mol. The van der Waals surface area contributed by atoms with Gasteiger partial charge in [-0.25, -0.2) is 0 Å². The summed E-state index contributed by atoms with van der Waals surface area (Å²) in [6.07, 6.45) is 0. The van der Waals surface area contributed by atoms with Crippen LogP contribution in [0.15, 0.2) is 57.4 Å². The second kappa shape index (κ2) is 9.70. The van der Waals surface area contributed by atoms with Gasteiger partial charge in [0.1, 0.15) is 0 Å². The van der Waals surface area contributed by atoms with Crippen molar-refractivity contribution in [2.75, 3.05) is 38.0 Å². The number of para-hydroxylation sites is 1. The average Bonchev–Trinajstić information content (AvgIpc) is 3.20. The van der Waals surface area contributed by atoms with E-state index in [0.29, 0.717) is 35.6 Å². The molecule has 0 atom stereocenters. The lowest BCUT2D eigenvalue weighted by atomic mass is 10.2. The van der Waals surface area contributed by atoms with Crippen LogP contribution in [0.1, 0.15) is 5.89 Å². The Labute approximate surface area is 188 Å². The predicted molar refractivity (Wildman–Crippen MR) is 119 cm³/mol. The highest BCUT2D eigenvalue weighted by Gasteiger charge is 2.21. The summed E-state index contributed by atoms with van der Waals surface area (Å²) < 4.78 is 6.79. The summed E-state index contributed by atoms with van der Waals surface area (Å²) in [6, 6.07) is 15.0. The summed E-state index contributed by atoms with van der Waals surface area (Å²) in [4.78, 5) is 16.7. The maximum absolute atomic E-state index is 12.3. The number of carbonyl (C=O) groups excluding carboxylic acids is 1. The molecule has 0 unspecified atom stereocenters. The Morgan fingerprint density at radius 1 is 1.07 bits per heavy atom. The van der Waals surface area contributed by atoms with Crippen LogP contribution in [0, 0.1) is 0 Å². The molecule has 0 aliphatic carbocycles. The number of aromatic nitrogens is 2. The smallest absolute Gasteiger partial charge is 0.247 e. The van der Waals surface area contributed by atoms with E-state index in [4.69, 9.17) is 16.0 Å². The molecule has 1 saturated heterocycles. The molecule has 0 bridgehead atoms. The van der Waals surface area contributed by atoms with E-state index in [1.807, 2.05) is 36.4 Å². The Morgan fingerprint density at radius 3 is 2.60 bits per heavy atom. The second-order valence-corrected chi connectivity index (χ2v) is 8.41. The van der Waals surface area contributed by atoms with Crippen molar-refractivity contribution in [2.24, 2.45) is 0 Å². The Morgan fingerprint density at radius 2 is 1.83 bits per heavy atom. The number of anilines is 1. The number of hydrogen-bond acceptors (Lipinski definition) is 6. The third-order valence-electron chi connectivity index (χ3n) is 4.88. The molecule has 3 aromatic rings. The van der Waals surface area contributed by atoms with Crippen LogP contribution in [0.4, 0.5) is 5.69 Å². The standard InChI is InChI=1S/C21H21BrClN5O2/c22-16-5-3-4-15(12-16)21-26-25-20(30-21)14-28-10-8-27(9-11-28)13-19(29)24-18-7-2-1-6-17(18)23/h1-7,12H,8-11,13-14H2,(H,24,29). The van der Waals surface area contributed by atoms with Crippen LogP contribution < -0.4 is 5.32 Å². The highest BCUT2D eigenvalue weighted by Crippen LogP contribution is 2.22. The van der Waals surface area contributed by atoms with Crippen LogP contribution in [0.25, 0.3) is 11.5 Å². The second-order valence-electron chi connectivity index (χ2n) is 7.09. The molecule has 1 fully saturated rings. The van der Waals surface area contributed by atoms with Crippen molar-refractivity contribution in [1.82, 2.24) is 20.0 Å². The maximum atomic E-state index is 12.3. The topological polar surface area (TPSA) is 74.5 Å². The maximum Gasteiger partial charge on any atom is 0.247 e. The molecule has 0 spiro atoms. The van der Waals surface area contributed by atoms with Gasteiger partial charge in [-0.2, -0.15) is 0 Å². The molecule has 156 valence electrons. The fourth-order valence-corrected chi connectivity index (χ4v) is 3.89. The first-order chi connectivity index (χ1) is 14.6. The fourth-order valence-electron chi connectivity index (χ4n) is 3.31. The van der Waals surface area contributed by atoms with Crippen LogP contribution >= 0.6 is 27.5 Å². The molecule has 4 rings (SSSR count). The molecular weight excluding hydrogens is 470 g/mol. The minimum atomic E-state index is -0.0629. The molecule has 1 aliphatic rings. The van der Waals surface area contributed by atoms with Crippen LogP contribution in [0.5, 0.6) is 0 Å². The molecule has 1 aliphatic heterocycles. The Bertz CT molecular complexity index is 1020. The predicted octanol–water partition coefficient (Wildman–Crippen LogP) is 3.91. The van der Waals surface area contributed by atoms with Crippen molar-refractivity contribution in [3.8, 4) is 11.5 Å². The number of hydrogen-bond donors (Lipinski definition) is 1. The molecule has 2 heterocycles. The van der Waals surface area contributed by atoms with E-state index in [9.17, 15) is 4.79 Å². The van der Waals surface area contributed by atoms with Gasteiger partial charge >= 0.3 is 0 Å². The van der Waals surface area contributed by atoms with E-state index < -0.39 is 0 Å². The summed E-state index contributed by atoms with van der Waals surface area (Å²) in [5.74, 6) is 1.04. The molecule has 7 nitrogen and oxygen atoms in total. The number of amides is 1. The minimum Gasteiger partial charge on any atom is -0.419 e. The number of nitrogens with one attached hydrogen (secondary N) is 1. The van der Waals surface area contributed by atoms with E-state index >= 15 is 0 Å². The molecule has 2 aromatic carbocycles. The van der Waals surface area contributed by atoms with Gasteiger partial charge in [-0.3, -0.25) is 14.6 Å². The van der Waals surface area contributed by atoms with E-state index in [1.165, 1.54) is 0 Å². The van der Waals surface area contributed by atoms with E-state index in [1.54, 1.807) is 12.1 Å². The summed E-state index contributed by atoms with van der Waals surface area (Å²) in [5.41, 5.74) is 1.53. The quantitative estimate of drug-likeness (QED) is 0.565. The van der Waals surface area contributed by atoms with Crippen LogP contribution in [0.2, 0.25) is 5.02 Å². The van der Waals surface area contributed by atoms with Gasteiger partial charge in [0.25, 0.3) is 0 Å². The first kappa shape index (κ1) is 21.0. The Balaban J connectivity index is 1.25. The largest absolute Gasteiger partial charge is 0.419 e. The molecule has 1 N–H and O–H groups in total. The van der Waals surface area contributed by atoms with Crippen LogP contribution in [-0.4, -0.2) is 58.6 Å². The van der Waals surface area contributed by atoms with Crippen molar-refractivity contribution >= 4 is 39.1 Å². The summed E-state index contributed by atoms with van der Waals surface area (Å²) >= 11 is 9.55. The molecule has 0 radical (unpaired) electrons. The molecule has 1 aromatic heterocycles. The number of halogens is 2. The fraction of sp³-hybridized carbons (Fsp3) is 0.286. The lowest BCUT2D eigenvalue weighted by molar-refractivity contribution is -0.117. The number of carbonyl (C=O) groups is 1. The van der Waals surface area contributed by atoms with Crippen molar-refractivity contribution < 1.29 is 9.21 Å². The SMILES string of the molecule is O=C(CN1CCN(Cc2nnc(-c3cccc(Br)c3)o2)CC1)Nc1ccccc1Cl. The van der Waals surface area contributed by atoms with Gasteiger partial charge in [-0.05, 0) is 30.3 Å². The van der Waals surface area contributed by atoms with Gasteiger partial charge < -0.3 is 9.73 Å². The highest BCUT2D eigenvalue weighted by atomic mass is 79.9. The molecule has 30 heavy (non-hydrogen) atoms. The van der Waals surface area contributed by atoms with Crippen LogP contribution in [-0.2, 0) is 11.3 Å². The third-order valence-corrected chi connectivity index (χ3v) is 5.70. The zero-order valence-electron chi connectivity index (χ0n) is 16.2. The third kappa shape index (κ3) is 5.46. The summed E-state index contributed by atoms with van der Waals surface area (Å²) in [5, 5.41) is 11.7. The summed E-state index contributed by atoms with van der Waals surface area (Å²) in [7, 11) is 0. The van der Waals surface area contributed by atoms with E-state index in [2.05, 4.69) is 41.2 Å². The zero-order chi connectivity index (χ0) is 20.9. The van der Waals surface area contributed by atoms with Gasteiger partial charge in [-0.15, -0.1) is 10.2 Å². The lowest BCUT2D eigenvalue weighted by Crippen LogP contribution is -2.48. The van der Waals surface area contributed by atoms with E-state index in [-0.39, 0.29) is 5.91 Å². The zero-order valence-corrected chi connectivity index (χ0v) is 18.6. The average molecular weight is 491 g/mol. The van der Waals surface area contributed by atoms with Gasteiger partial charge in [0, 0.05) is 36.2 Å². The first-order valence-corrected chi connectivity index (χ1v) is 10.8. The molecule has 0 saturated carbocycles. The first-order valence-electron chi connectivity index (χ1n) is 9.64. The minimum absolute atomic E-state index is 0.0629. The number of rotatable bonds is 6. The van der Waals surface area contributed by atoms with Gasteiger partial charge in [-0.1, -0.05) is 45.7 Å². The highest BCUT2D eigenvalue weighted by molar-refractivity contribution is 9.10. The summed E-state index contributed by atoms with van der Waals surface area (Å²) in [6.45, 7) is 4.18. The van der Waals surface area contributed by atoms with E-state index in [0.717, 1.165) is 36.2 Å². The number of piperazine rings is 1. The van der Waals surface area contributed by atoms with Crippen molar-refractivity contribution in [2.45, 2.75) is 6.54 Å². The van der Waals surface area contributed by atoms with Crippen molar-refractivity contribution in [1.29, 1.82) is 0 Å². The van der Waals surface area contributed by atoms with Gasteiger partial charge in [0.15, 0.2) is 0 Å².